The number of methoxy groups -OCH3 is 1. The third-order valence-electron chi connectivity index (χ3n) is 6.35. The first kappa shape index (κ1) is 23.3. The van der Waals surface area contributed by atoms with Crippen molar-refractivity contribution in [3.8, 4) is 5.75 Å². The SMILES string of the molecule is COc1ccccc1NC(=O)NC1CCN(c2nc3cccnc3n(Cc3ccccc3)c2=O)CC1. The summed E-state index contributed by atoms with van der Waals surface area (Å²) in [5.74, 6) is 1.02. The van der Waals surface area contributed by atoms with Crippen LogP contribution in [-0.2, 0) is 6.54 Å². The first-order chi connectivity index (χ1) is 17.6. The fraction of sp³-hybridized carbons (Fsp3) is 0.259. The van der Waals surface area contributed by atoms with Crippen molar-refractivity contribution in [2.75, 3.05) is 30.4 Å². The van der Waals surface area contributed by atoms with E-state index in [1.807, 2.05) is 59.5 Å². The van der Waals surface area contributed by atoms with Crippen molar-refractivity contribution in [1.82, 2.24) is 19.9 Å². The molecule has 1 aliphatic heterocycles. The smallest absolute Gasteiger partial charge is 0.319 e. The fourth-order valence-corrected chi connectivity index (χ4v) is 4.51. The molecule has 0 radical (unpaired) electrons. The zero-order valence-electron chi connectivity index (χ0n) is 20.1. The van der Waals surface area contributed by atoms with Crippen LogP contribution in [0.4, 0.5) is 16.3 Å². The zero-order valence-corrected chi connectivity index (χ0v) is 20.1. The summed E-state index contributed by atoms with van der Waals surface area (Å²) in [6, 6.07) is 20.6. The molecule has 9 nitrogen and oxygen atoms in total. The Balaban J connectivity index is 1.30. The van der Waals surface area contributed by atoms with Gasteiger partial charge in [0.1, 0.15) is 11.3 Å². The van der Waals surface area contributed by atoms with Crippen molar-refractivity contribution in [3.63, 3.8) is 0 Å². The van der Waals surface area contributed by atoms with Crippen LogP contribution in [0.2, 0.25) is 0 Å². The maximum absolute atomic E-state index is 13.5. The number of urea groups is 1. The summed E-state index contributed by atoms with van der Waals surface area (Å²) in [5.41, 5.74) is 2.72. The molecule has 2 amide bonds. The van der Waals surface area contributed by atoms with Gasteiger partial charge in [-0.05, 0) is 42.7 Å². The first-order valence-corrected chi connectivity index (χ1v) is 12.0. The van der Waals surface area contributed by atoms with Crippen LogP contribution in [0.15, 0.2) is 77.7 Å². The average molecular weight is 485 g/mol. The summed E-state index contributed by atoms with van der Waals surface area (Å²) in [6.07, 6.45) is 3.08. The molecule has 0 atom stereocenters. The molecule has 1 aliphatic rings. The molecule has 2 aromatic heterocycles. The van der Waals surface area contributed by atoms with Crippen LogP contribution >= 0.6 is 0 Å². The van der Waals surface area contributed by atoms with Crippen molar-refractivity contribution < 1.29 is 9.53 Å². The lowest BCUT2D eigenvalue weighted by Crippen LogP contribution is -2.47. The number of benzene rings is 2. The summed E-state index contributed by atoms with van der Waals surface area (Å²) < 4.78 is 6.99. The molecule has 0 saturated carbocycles. The second kappa shape index (κ2) is 10.5. The number of pyridine rings is 1. The van der Waals surface area contributed by atoms with Gasteiger partial charge >= 0.3 is 6.03 Å². The average Bonchev–Trinajstić information content (AvgIpc) is 2.91. The van der Waals surface area contributed by atoms with Gasteiger partial charge in [0.25, 0.3) is 5.56 Å². The summed E-state index contributed by atoms with van der Waals surface area (Å²) in [6.45, 7) is 1.64. The van der Waals surface area contributed by atoms with Gasteiger partial charge in [-0.15, -0.1) is 0 Å². The predicted octanol–water partition coefficient (Wildman–Crippen LogP) is 3.64. The van der Waals surface area contributed by atoms with Crippen LogP contribution in [0.3, 0.4) is 0 Å². The molecule has 2 N–H and O–H groups in total. The van der Waals surface area contributed by atoms with Crippen LogP contribution in [0, 0.1) is 0 Å². The van der Waals surface area contributed by atoms with Crippen LogP contribution < -0.4 is 25.8 Å². The molecule has 0 aliphatic carbocycles. The number of aromatic nitrogens is 3. The van der Waals surface area contributed by atoms with E-state index in [0.717, 1.165) is 5.56 Å². The quantitative estimate of drug-likeness (QED) is 0.433. The molecule has 0 spiro atoms. The molecule has 3 heterocycles. The van der Waals surface area contributed by atoms with Gasteiger partial charge in [-0.3, -0.25) is 9.36 Å². The van der Waals surface area contributed by atoms with Crippen molar-refractivity contribution >= 4 is 28.7 Å². The largest absolute Gasteiger partial charge is 0.495 e. The Bertz CT molecular complexity index is 1410. The second-order valence-corrected chi connectivity index (χ2v) is 8.72. The maximum atomic E-state index is 13.5. The van der Waals surface area contributed by atoms with E-state index in [2.05, 4.69) is 20.6 Å². The zero-order chi connectivity index (χ0) is 24.9. The van der Waals surface area contributed by atoms with Gasteiger partial charge in [-0.2, -0.15) is 0 Å². The van der Waals surface area contributed by atoms with Gasteiger partial charge < -0.3 is 20.3 Å². The number of rotatable bonds is 6. The number of amides is 2. The number of hydrogen-bond donors (Lipinski definition) is 2. The van der Waals surface area contributed by atoms with Crippen molar-refractivity contribution in [3.05, 3.63) is 88.8 Å². The lowest BCUT2D eigenvalue weighted by atomic mass is 10.1. The molecule has 0 bridgehead atoms. The Hall–Kier alpha value is -4.40. The van der Waals surface area contributed by atoms with E-state index >= 15 is 0 Å². The lowest BCUT2D eigenvalue weighted by Gasteiger charge is -2.33. The molecule has 184 valence electrons. The first-order valence-electron chi connectivity index (χ1n) is 12.0. The van der Waals surface area contributed by atoms with Crippen LogP contribution in [0.5, 0.6) is 5.75 Å². The molecular formula is C27H28N6O3. The number of piperidine rings is 1. The molecule has 2 aromatic carbocycles. The number of nitrogens with zero attached hydrogens (tertiary/aromatic N) is 4. The van der Waals surface area contributed by atoms with E-state index in [1.54, 1.807) is 30.0 Å². The lowest BCUT2D eigenvalue weighted by molar-refractivity contribution is 0.246. The number of nitrogens with one attached hydrogen (secondary N) is 2. The highest BCUT2D eigenvalue weighted by atomic mass is 16.5. The summed E-state index contributed by atoms with van der Waals surface area (Å²) >= 11 is 0. The minimum Gasteiger partial charge on any atom is -0.495 e. The summed E-state index contributed by atoms with van der Waals surface area (Å²) in [5, 5.41) is 5.88. The number of carbonyl (C=O) groups excluding carboxylic acids is 1. The highest BCUT2D eigenvalue weighted by Gasteiger charge is 2.25. The normalized spacial score (nSPS) is 14.0. The molecule has 1 fully saturated rings. The van der Waals surface area contributed by atoms with Crippen LogP contribution in [-0.4, -0.2) is 46.8 Å². The van der Waals surface area contributed by atoms with Gasteiger partial charge in [-0.25, -0.2) is 14.8 Å². The van der Waals surface area contributed by atoms with E-state index in [1.165, 1.54) is 0 Å². The topological polar surface area (TPSA) is 101 Å². The molecule has 36 heavy (non-hydrogen) atoms. The van der Waals surface area contributed by atoms with E-state index in [0.29, 0.717) is 60.9 Å². The van der Waals surface area contributed by atoms with Gasteiger partial charge in [-0.1, -0.05) is 42.5 Å². The Morgan fingerprint density at radius 3 is 2.56 bits per heavy atom. The van der Waals surface area contributed by atoms with Crippen molar-refractivity contribution in [2.24, 2.45) is 0 Å². The molecule has 4 aromatic rings. The van der Waals surface area contributed by atoms with E-state index in [4.69, 9.17) is 4.74 Å². The molecule has 5 rings (SSSR count). The van der Waals surface area contributed by atoms with Crippen molar-refractivity contribution in [1.29, 1.82) is 0 Å². The van der Waals surface area contributed by atoms with E-state index in [9.17, 15) is 9.59 Å². The third-order valence-corrected chi connectivity index (χ3v) is 6.35. The highest BCUT2D eigenvalue weighted by molar-refractivity contribution is 5.91. The number of ether oxygens (including phenoxy) is 1. The Kier molecular flexibility index (Phi) is 6.79. The highest BCUT2D eigenvalue weighted by Crippen LogP contribution is 2.23. The van der Waals surface area contributed by atoms with Crippen LogP contribution in [0.1, 0.15) is 18.4 Å². The maximum Gasteiger partial charge on any atom is 0.319 e. The van der Waals surface area contributed by atoms with Gasteiger partial charge in [0.05, 0.1) is 19.3 Å². The number of carbonyl (C=O) groups is 1. The number of fused-ring (bicyclic) bond motifs is 1. The van der Waals surface area contributed by atoms with Gasteiger partial charge in [0.15, 0.2) is 11.5 Å². The standard InChI is InChI=1S/C27H28N6O3/c1-36-23-12-6-5-10-21(23)31-27(35)29-20-13-16-32(17-14-20)25-26(34)33(18-19-8-3-2-4-9-19)24-22(30-25)11-7-15-28-24/h2-12,15,20H,13-14,16-18H2,1H3,(H2,29,31,35). The van der Waals surface area contributed by atoms with Crippen LogP contribution in [0.25, 0.3) is 11.2 Å². The van der Waals surface area contributed by atoms with E-state index in [-0.39, 0.29) is 17.6 Å². The monoisotopic (exact) mass is 484 g/mol. The van der Waals surface area contributed by atoms with Crippen molar-refractivity contribution in [2.45, 2.75) is 25.4 Å². The Morgan fingerprint density at radius 1 is 1.03 bits per heavy atom. The van der Waals surface area contributed by atoms with Gasteiger partial charge in [0.2, 0.25) is 0 Å². The molecule has 0 unspecified atom stereocenters. The minimum absolute atomic E-state index is 0.00961. The number of para-hydroxylation sites is 2. The van der Waals surface area contributed by atoms with E-state index < -0.39 is 0 Å². The molecular weight excluding hydrogens is 456 g/mol. The second-order valence-electron chi connectivity index (χ2n) is 8.72. The summed E-state index contributed by atoms with van der Waals surface area (Å²) in [7, 11) is 1.57. The predicted molar refractivity (Wildman–Crippen MR) is 140 cm³/mol. The van der Waals surface area contributed by atoms with Gasteiger partial charge in [0, 0.05) is 25.3 Å². The molecule has 1 saturated heterocycles. The number of hydrogen-bond acceptors (Lipinski definition) is 6. The Morgan fingerprint density at radius 2 is 1.78 bits per heavy atom. The summed E-state index contributed by atoms with van der Waals surface area (Å²) in [4.78, 5) is 37.2. The third kappa shape index (κ3) is 5.00. The molecule has 9 heteroatoms. The fourth-order valence-electron chi connectivity index (χ4n) is 4.51. The minimum atomic E-state index is -0.280. The Labute approximate surface area is 208 Å². The number of anilines is 2.